The van der Waals surface area contributed by atoms with Gasteiger partial charge in [-0.1, -0.05) is 24.3 Å². The summed E-state index contributed by atoms with van der Waals surface area (Å²) in [6, 6.07) is 22.7. The highest BCUT2D eigenvalue weighted by atomic mass is 19.1. The van der Waals surface area contributed by atoms with E-state index >= 15 is 0 Å². The van der Waals surface area contributed by atoms with Gasteiger partial charge in [-0.15, -0.1) is 0 Å². The topological polar surface area (TPSA) is 117 Å². The molecule has 2 saturated heterocycles. The lowest BCUT2D eigenvalue weighted by atomic mass is 9.73. The number of carbonyl (C=O) groups excluding carboxylic acids is 3. The molecule has 2 N–H and O–H groups in total. The molecule has 0 bridgehead atoms. The average molecular weight is 726 g/mol. The van der Waals surface area contributed by atoms with E-state index in [0.29, 0.717) is 52.4 Å². The average Bonchev–Trinajstić information content (AvgIpc) is 3.79. The van der Waals surface area contributed by atoms with Crippen molar-refractivity contribution < 1.29 is 27.9 Å². The van der Waals surface area contributed by atoms with Crippen LogP contribution in [0, 0.1) is 18.2 Å². The number of furan rings is 1. The van der Waals surface area contributed by atoms with Gasteiger partial charge in [-0.05, 0) is 111 Å². The van der Waals surface area contributed by atoms with Gasteiger partial charge in [0.15, 0.2) is 5.76 Å². The molecule has 0 saturated carbocycles. The molecule has 3 aromatic carbocycles. The molecule has 0 unspecified atom stereocenters. The zero-order valence-electron chi connectivity index (χ0n) is 30.0. The smallest absolute Gasteiger partial charge is 0.291 e. The SMILES string of the molecule is Cc1cccc(F)c1NC(=O)c1cc2c(o1)-c1ccccc1N(C(=O)c1ccc(NC(=O)c3cc4c(nc3N3CC5(CCOCC5)C3)CCC4)cc1)CC2. The number of aromatic nitrogens is 1. The fraction of sp³-hybridized carbons (Fsp3) is 0.302. The highest BCUT2D eigenvalue weighted by Gasteiger charge is 2.45. The Kier molecular flexibility index (Phi) is 8.53. The number of anilines is 4. The standard InChI is InChI=1S/C43H40FN5O5/c1-26-6-4-9-33(44)37(26)47-41(51)36-23-29-16-19-49(35-11-3-2-8-31(35)38(29)54-36)42(52)27-12-14-30(15-13-27)45-40(50)32-22-28-7-5-10-34(28)46-39(32)48-24-43(25-48)17-20-53-21-18-43/h2-4,6,8-9,11-15,22-23H,5,7,10,16-21,24-25H2,1H3,(H,45,50)(H,47,51). The van der Waals surface area contributed by atoms with Crippen molar-refractivity contribution in [2.24, 2.45) is 5.41 Å². The minimum absolute atomic E-state index is 0.0609. The summed E-state index contributed by atoms with van der Waals surface area (Å²) < 4.78 is 26.2. The van der Waals surface area contributed by atoms with Gasteiger partial charge in [-0.2, -0.15) is 0 Å². The van der Waals surface area contributed by atoms with E-state index < -0.39 is 11.7 Å². The lowest BCUT2D eigenvalue weighted by Gasteiger charge is -2.53. The number of halogens is 1. The first-order chi connectivity index (χ1) is 26.2. The van der Waals surface area contributed by atoms with E-state index in [1.165, 1.54) is 6.07 Å². The van der Waals surface area contributed by atoms with Crippen LogP contribution >= 0.6 is 0 Å². The maximum atomic E-state index is 14.5. The summed E-state index contributed by atoms with van der Waals surface area (Å²) in [6.45, 7) is 5.39. The van der Waals surface area contributed by atoms with Crippen LogP contribution in [0.5, 0.6) is 0 Å². The number of nitrogens with one attached hydrogen (secondary N) is 2. The van der Waals surface area contributed by atoms with E-state index in [4.69, 9.17) is 14.1 Å². The quantitative estimate of drug-likeness (QED) is 0.185. The van der Waals surface area contributed by atoms with Crippen molar-refractivity contribution in [2.75, 3.05) is 53.3 Å². The third-order valence-corrected chi connectivity index (χ3v) is 11.4. The van der Waals surface area contributed by atoms with E-state index in [9.17, 15) is 18.8 Å². The molecule has 274 valence electrons. The van der Waals surface area contributed by atoms with Crippen molar-refractivity contribution in [2.45, 2.75) is 45.4 Å². The van der Waals surface area contributed by atoms with E-state index in [1.807, 2.05) is 30.3 Å². The van der Waals surface area contributed by atoms with E-state index in [2.05, 4.69) is 15.5 Å². The van der Waals surface area contributed by atoms with Crippen molar-refractivity contribution in [1.29, 1.82) is 0 Å². The molecule has 10 nitrogen and oxygen atoms in total. The fourth-order valence-electron chi connectivity index (χ4n) is 8.34. The largest absolute Gasteiger partial charge is 0.451 e. The Balaban J connectivity index is 0.917. The number of hydrogen-bond acceptors (Lipinski definition) is 7. The van der Waals surface area contributed by atoms with Crippen molar-refractivity contribution in [3.05, 3.63) is 124 Å². The van der Waals surface area contributed by atoms with Crippen LogP contribution in [0.1, 0.15) is 72.9 Å². The second kappa shape index (κ2) is 13.6. The summed E-state index contributed by atoms with van der Waals surface area (Å²) in [4.78, 5) is 50.0. The van der Waals surface area contributed by atoms with Crippen LogP contribution < -0.4 is 20.4 Å². The number of nitrogens with zero attached hydrogens (tertiary/aromatic N) is 3. The molecule has 54 heavy (non-hydrogen) atoms. The Morgan fingerprint density at radius 2 is 1.65 bits per heavy atom. The zero-order valence-corrected chi connectivity index (χ0v) is 30.0. The van der Waals surface area contributed by atoms with Crippen molar-refractivity contribution in [1.82, 2.24) is 4.98 Å². The molecule has 0 atom stereocenters. The van der Waals surface area contributed by atoms with Gasteiger partial charge in [0.1, 0.15) is 17.4 Å². The molecule has 1 aliphatic carbocycles. The van der Waals surface area contributed by atoms with Crippen LogP contribution in [0.25, 0.3) is 11.3 Å². The molecule has 2 fully saturated rings. The van der Waals surface area contributed by atoms with Crippen LogP contribution in [-0.4, -0.2) is 55.6 Å². The molecule has 3 aliphatic heterocycles. The van der Waals surface area contributed by atoms with Crippen molar-refractivity contribution in [3.8, 4) is 11.3 Å². The van der Waals surface area contributed by atoms with E-state index in [-0.39, 0.29) is 28.7 Å². The molecule has 5 aromatic rings. The minimum Gasteiger partial charge on any atom is -0.451 e. The van der Waals surface area contributed by atoms with Gasteiger partial charge in [-0.3, -0.25) is 14.4 Å². The molecule has 2 aromatic heterocycles. The number of benzene rings is 3. The second-order valence-corrected chi connectivity index (χ2v) is 14.9. The van der Waals surface area contributed by atoms with E-state index in [1.54, 1.807) is 54.3 Å². The fourth-order valence-corrected chi connectivity index (χ4v) is 8.34. The summed E-state index contributed by atoms with van der Waals surface area (Å²) in [6.07, 6.45) is 5.40. The molecule has 0 radical (unpaired) electrons. The van der Waals surface area contributed by atoms with Crippen molar-refractivity contribution in [3.63, 3.8) is 0 Å². The van der Waals surface area contributed by atoms with E-state index in [0.717, 1.165) is 81.0 Å². The first kappa shape index (κ1) is 34.0. The molecule has 1 spiro atoms. The predicted octanol–water partition coefficient (Wildman–Crippen LogP) is 7.60. The number of pyridine rings is 1. The van der Waals surface area contributed by atoms with Gasteiger partial charge in [0.05, 0.1) is 16.9 Å². The van der Waals surface area contributed by atoms with Gasteiger partial charge >= 0.3 is 0 Å². The molecule has 11 heteroatoms. The first-order valence-corrected chi connectivity index (χ1v) is 18.6. The van der Waals surface area contributed by atoms with Crippen molar-refractivity contribution >= 4 is 40.6 Å². The number of aryl methyl sites for hydroxylation is 3. The summed E-state index contributed by atoms with van der Waals surface area (Å²) >= 11 is 0. The Morgan fingerprint density at radius 3 is 2.44 bits per heavy atom. The van der Waals surface area contributed by atoms with Gasteiger partial charge in [0.25, 0.3) is 17.7 Å². The second-order valence-electron chi connectivity index (χ2n) is 14.9. The third kappa shape index (κ3) is 6.12. The van der Waals surface area contributed by atoms with Crippen LogP contribution in [-0.2, 0) is 24.0 Å². The summed E-state index contributed by atoms with van der Waals surface area (Å²) in [5.41, 5.74) is 6.90. The molecular formula is C43H40FN5O5. The maximum Gasteiger partial charge on any atom is 0.291 e. The third-order valence-electron chi connectivity index (χ3n) is 11.4. The van der Waals surface area contributed by atoms with Crippen LogP contribution in [0.15, 0.2) is 83.3 Å². The number of hydrogen-bond donors (Lipinski definition) is 2. The van der Waals surface area contributed by atoms with Gasteiger partial charge in [0.2, 0.25) is 0 Å². The lowest BCUT2D eigenvalue weighted by Crippen LogP contribution is -2.59. The number of amides is 3. The Hall–Kier alpha value is -5.81. The van der Waals surface area contributed by atoms with Gasteiger partial charge < -0.3 is 29.6 Å². The Morgan fingerprint density at radius 1 is 0.852 bits per heavy atom. The first-order valence-electron chi connectivity index (χ1n) is 18.6. The van der Waals surface area contributed by atoms with Gasteiger partial charge in [0, 0.05) is 66.3 Å². The number of carbonyl (C=O) groups is 3. The van der Waals surface area contributed by atoms with Gasteiger partial charge in [-0.25, -0.2) is 9.37 Å². The monoisotopic (exact) mass is 725 g/mol. The molecule has 3 amide bonds. The number of ether oxygens (including phenoxy) is 1. The van der Waals surface area contributed by atoms with Crippen LogP contribution in [0.2, 0.25) is 0 Å². The molecule has 9 rings (SSSR count). The zero-order chi connectivity index (χ0) is 37.0. The Labute approximate surface area is 312 Å². The molecular weight excluding hydrogens is 686 g/mol. The number of fused-ring (bicyclic) bond motifs is 4. The maximum absolute atomic E-state index is 14.5. The summed E-state index contributed by atoms with van der Waals surface area (Å²) in [5.74, 6) is -0.190. The molecule has 5 heterocycles. The highest BCUT2D eigenvalue weighted by Crippen LogP contribution is 2.43. The normalized spacial score (nSPS) is 16.9. The number of para-hydroxylation sites is 2. The lowest BCUT2D eigenvalue weighted by molar-refractivity contribution is -0.000521. The minimum atomic E-state index is -0.554. The Bertz CT molecular complexity index is 2280. The summed E-state index contributed by atoms with van der Waals surface area (Å²) in [7, 11) is 0. The number of rotatable bonds is 6. The van der Waals surface area contributed by atoms with Crippen LogP contribution in [0.3, 0.4) is 0 Å². The van der Waals surface area contributed by atoms with Crippen LogP contribution in [0.4, 0.5) is 27.3 Å². The highest BCUT2D eigenvalue weighted by molar-refractivity contribution is 6.10. The summed E-state index contributed by atoms with van der Waals surface area (Å²) in [5, 5.41) is 5.71. The predicted molar refractivity (Wildman–Crippen MR) is 204 cm³/mol. The molecule has 4 aliphatic rings.